The van der Waals surface area contributed by atoms with Crippen LogP contribution in [0.25, 0.3) is 0 Å². The van der Waals surface area contributed by atoms with Gasteiger partial charge in [-0.1, -0.05) is 42.0 Å². The second-order valence-electron chi connectivity index (χ2n) is 11.0. The summed E-state index contributed by atoms with van der Waals surface area (Å²) >= 11 is 1.50. The summed E-state index contributed by atoms with van der Waals surface area (Å²) in [7, 11) is -4.21. The molecule has 1 N–H and O–H groups in total. The third-order valence-electron chi connectivity index (χ3n) is 6.46. The van der Waals surface area contributed by atoms with E-state index in [0.717, 1.165) is 20.3 Å². The van der Waals surface area contributed by atoms with Crippen molar-refractivity contribution in [1.82, 2.24) is 10.2 Å². The zero-order chi connectivity index (χ0) is 31.1. The van der Waals surface area contributed by atoms with Crippen LogP contribution in [-0.4, -0.2) is 56.1 Å². The number of benzene rings is 3. The molecule has 1 atom stereocenters. The lowest BCUT2D eigenvalue weighted by atomic mass is 10.1. The SMILES string of the molecule is CCOc1ccccc1N(CC(=O)N(Cc1cccc(C)c1)[C@@H](C)C(=O)NC(C)(C)C)S(=O)(=O)c1ccc(SC)cc1. The minimum absolute atomic E-state index is 0.0446. The Labute approximate surface area is 254 Å². The lowest BCUT2D eigenvalue weighted by molar-refractivity contribution is -0.140. The Balaban J connectivity index is 2.10. The van der Waals surface area contributed by atoms with Crippen LogP contribution in [0, 0.1) is 6.92 Å². The number of carbonyl (C=O) groups is 2. The predicted molar refractivity (Wildman–Crippen MR) is 169 cm³/mol. The van der Waals surface area contributed by atoms with E-state index in [4.69, 9.17) is 4.74 Å². The molecule has 0 aliphatic rings. The molecular formula is C32H41N3O5S2. The number of hydrogen-bond acceptors (Lipinski definition) is 6. The van der Waals surface area contributed by atoms with Gasteiger partial charge in [-0.25, -0.2) is 8.42 Å². The van der Waals surface area contributed by atoms with Gasteiger partial charge in [0, 0.05) is 17.0 Å². The zero-order valence-corrected chi connectivity index (χ0v) is 27.0. The van der Waals surface area contributed by atoms with Gasteiger partial charge in [0.05, 0.1) is 17.2 Å². The van der Waals surface area contributed by atoms with Crippen LogP contribution >= 0.6 is 11.8 Å². The maximum absolute atomic E-state index is 14.2. The topological polar surface area (TPSA) is 96.0 Å². The first-order valence-electron chi connectivity index (χ1n) is 13.8. The number of amides is 2. The summed E-state index contributed by atoms with van der Waals surface area (Å²) in [5, 5.41) is 2.94. The summed E-state index contributed by atoms with van der Waals surface area (Å²) in [6.45, 7) is 10.9. The molecule has 0 aliphatic carbocycles. The van der Waals surface area contributed by atoms with Crippen LogP contribution in [0.2, 0.25) is 0 Å². The number of hydrogen-bond donors (Lipinski definition) is 1. The van der Waals surface area contributed by atoms with Crippen molar-refractivity contribution in [1.29, 1.82) is 0 Å². The summed E-state index contributed by atoms with van der Waals surface area (Å²) in [6, 6.07) is 20.1. The van der Waals surface area contributed by atoms with Gasteiger partial charge in [0.1, 0.15) is 18.3 Å². The summed E-state index contributed by atoms with van der Waals surface area (Å²) in [4.78, 5) is 29.8. The van der Waals surface area contributed by atoms with E-state index < -0.39 is 34.1 Å². The molecule has 3 aromatic rings. The van der Waals surface area contributed by atoms with E-state index in [-0.39, 0.29) is 23.0 Å². The van der Waals surface area contributed by atoms with Crippen LogP contribution in [0.3, 0.4) is 0 Å². The molecule has 226 valence electrons. The monoisotopic (exact) mass is 611 g/mol. The molecule has 42 heavy (non-hydrogen) atoms. The quantitative estimate of drug-likeness (QED) is 0.266. The van der Waals surface area contributed by atoms with Gasteiger partial charge in [-0.2, -0.15) is 0 Å². The minimum Gasteiger partial charge on any atom is -0.492 e. The van der Waals surface area contributed by atoms with Crippen LogP contribution < -0.4 is 14.4 Å². The molecule has 0 aromatic heterocycles. The Morgan fingerprint density at radius 2 is 1.67 bits per heavy atom. The van der Waals surface area contributed by atoms with Gasteiger partial charge in [0.25, 0.3) is 10.0 Å². The highest BCUT2D eigenvalue weighted by atomic mass is 32.2. The summed E-state index contributed by atoms with van der Waals surface area (Å²) < 4.78 is 35.2. The standard InChI is InChI=1S/C32H41N3O5S2/c1-8-40-29-15-10-9-14-28(29)35(42(38,39)27-18-16-26(41-7)17-19-27)22-30(36)34(21-25-13-11-12-23(2)20-25)24(3)31(37)33-32(4,5)6/h9-20,24H,8,21-22H2,1-7H3,(H,33,37)/t24-/m0/s1. The van der Waals surface area contributed by atoms with Crippen molar-refractivity contribution >= 4 is 39.3 Å². The molecule has 3 rings (SSSR count). The number of sulfonamides is 1. The van der Waals surface area contributed by atoms with E-state index in [1.807, 2.05) is 58.2 Å². The number of nitrogens with zero attached hydrogens (tertiary/aromatic N) is 2. The smallest absolute Gasteiger partial charge is 0.264 e. The molecule has 2 amide bonds. The normalized spacial score (nSPS) is 12.4. The second kappa shape index (κ2) is 14.1. The van der Waals surface area contributed by atoms with Gasteiger partial charge < -0.3 is 15.0 Å². The Morgan fingerprint density at radius 3 is 2.26 bits per heavy atom. The first kappa shape index (κ1) is 33.0. The van der Waals surface area contributed by atoms with E-state index in [9.17, 15) is 18.0 Å². The number of ether oxygens (including phenoxy) is 1. The fraction of sp³-hybridized carbons (Fsp3) is 0.375. The Hall–Kier alpha value is -3.50. The average molecular weight is 612 g/mol. The van der Waals surface area contributed by atoms with E-state index in [1.165, 1.54) is 28.8 Å². The van der Waals surface area contributed by atoms with Gasteiger partial charge in [-0.05, 0) is 89.8 Å². The first-order valence-corrected chi connectivity index (χ1v) is 16.5. The molecule has 0 fully saturated rings. The number of para-hydroxylation sites is 2. The summed E-state index contributed by atoms with van der Waals surface area (Å²) in [6.07, 6.45) is 1.91. The Bertz CT molecular complexity index is 1480. The predicted octanol–water partition coefficient (Wildman–Crippen LogP) is 5.64. The van der Waals surface area contributed by atoms with Crippen molar-refractivity contribution < 1.29 is 22.7 Å². The lowest BCUT2D eigenvalue weighted by Gasteiger charge is -2.34. The van der Waals surface area contributed by atoms with Gasteiger partial charge in [0.15, 0.2) is 0 Å². The van der Waals surface area contributed by atoms with Crippen molar-refractivity contribution in [2.45, 2.75) is 69.5 Å². The van der Waals surface area contributed by atoms with Crippen LogP contribution in [0.1, 0.15) is 45.7 Å². The van der Waals surface area contributed by atoms with Crippen LogP contribution in [0.4, 0.5) is 5.69 Å². The minimum atomic E-state index is -4.21. The van der Waals surface area contributed by atoms with Gasteiger partial charge >= 0.3 is 0 Å². The number of rotatable bonds is 12. The molecule has 0 spiro atoms. The second-order valence-corrected chi connectivity index (χ2v) is 13.8. The maximum Gasteiger partial charge on any atom is 0.264 e. The number of anilines is 1. The summed E-state index contributed by atoms with van der Waals surface area (Å²) in [5.41, 5.74) is 1.56. The zero-order valence-electron chi connectivity index (χ0n) is 25.4. The molecule has 3 aromatic carbocycles. The van der Waals surface area contributed by atoms with E-state index >= 15 is 0 Å². The lowest BCUT2D eigenvalue weighted by Crippen LogP contribution is -2.54. The molecule has 0 aliphatic heterocycles. The van der Waals surface area contributed by atoms with Crippen molar-refractivity contribution in [3.63, 3.8) is 0 Å². The first-order chi connectivity index (χ1) is 19.8. The third kappa shape index (κ3) is 8.51. The van der Waals surface area contributed by atoms with E-state index in [0.29, 0.717) is 12.4 Å². The van der Waals surface area contributed by atoms with Crippen molar-refractivity contribution in [2.24, 2.45) is 0 Å². The van der Waals surface area contributed by atoms with Crippen LogP contribution in [0.5, 0.6) is 5.75 Å². The highest BCUT2D eigenvalue weighted by Gasteiger charge is 2.34. The highest BCUT2D eigenvalue weighted by molar-refractivity contribution is 7.98. The number of nitrogens with one attached hydrogen (secondary N) is 1. The number of carbonyl (C=O) groups excluding carboxylic acids is 2. The van der Waals surface area contributed by atoms with Crippen molar-refractivity contribution in [3.05, 3.63) is 83.9 Å². The van der Waals surface area contributed by atoms with Crippen LogP contribution in [0.15, 0.2) is 82.6 Å². The fourth-order valence-corrected chi connectivity index (χ4v) is 6.23. The average Bonchev–Trinajstić information content (AvgIpc) is 2.94. The Morgan fingerprint density at radius 1 is 1.00 bits per heavy atom. The van der Waals surface area contributed by atoms with Crippen LogP contribution in [-0.2, 0) is 26.2 Å². The third-order valence-corrected chi connectivity index (χ3v) is 8.98. The largest absolute Gasteiger partial charge is 0.492 e. The molecule has 10 heteroatoms. The molecule has 0 radical (unpaired) electrons. The number of aryl methyl sites for hydroxylation is 1. The molecule has 8 nitrogen and oxygen atoms in total. The van der Waals surface area contributed by atoms with Crippen molar-refractivity contribution in [3.8, 4) is 5.75 Å². The van der Waals surface area contributed by atoms with E-state index in [2.05, 4.69) is 5.32 Å². The molecular weight excluding hydrogens is 571 g/mol. The summed E-state index contributed by atoms with van der Waals surface area (Å²) in [5.74, 6) is -0.523. The molecule has 0 unspecified atom stereocenters. The molecule has 0 saturated heterocycles. The highest BCUT2D eigenvalue weighted by Crippen LogP contribution is 2.33. The maximum atomic E-state index is 14.2. The number of thioether (sulfide) groups is 1. The molecule has 0 bridgehead atoms. The van der Waals surface area contributed by atoms with Crippen molar-refractivity contribution in [2.75, 3.05) is 23.7 Å². The Kier molecular flexibility index (Phi) is 11.1. The molecule has 0 heterocycles. The molecule has 0 saturated carbocycles. The van der Waals surface area contributed by atoms with Gasteiger partial charge in [-0.15, -0.1) is 11.8 Å². The van der Waals surface area contributed by atoms with Gasteiger partial charge in [0.2, 0.25) is 11.8 Å². The van der Waals surface area contributed by atoms with E-state index in [1.54, 1.807) is 50.2 Å². The fourth-order valence-electron chi connectivity index (χ4n) is 4.39. The van der Waals surface area contributed by atoms with Gasteiger partial charge in [-0.3, -0.25) is 13.9 Å².